The highest BCUT2D eigenvalue weighted by Gasteiger charge is 2.21. The summed E-state index contributed by atoms with van der Waals surface area (Å²) in [5.74, 6) is 0.566. The first kappa shape index (κ1) is 22.1. The monoisotopic (exact) mass is 482 g/mol. The highest BCUT2D eigenvalue weighted by atomic mass is 16.1. The molecule has 0 aromatic carbocycles. The smallest absolute Gasteiger partial charge is 0.224 e. The van der Waals surface area contributed by atoms with Crippen LogP contribution < -0.4 is 10.2 Å². The Kier molecular flexibility index (Phi) is 5.53. The van der Waals surface area contributed by atoms with Crippen molar-refractivity contribution in [2.75, 3.05) is 43.4 Å². The third kappa shape index (κ3) is 4.03. The minimum atomic E-state index is -0.0650. The van der Waals surface area contributed by atoms with E-state index in [2.05, 4.69) is 47.3 Å². The van der Waals surface area contributed by atoms with Crippen LogP contribution in [0.1, 0.15) is 13.3 Å². The Morgan fingerprint density at radius 1 is 1.00 bits per heavy atom. The number of nitrogens with zero attached hydrogens (tertiary/aromatic N) is 7. The van der Waals surface area contributed by atoms with Gasteiger partial charge in [0.2, 0.25) is 5.91 Å². The van der Waals surface area contributed by atoms with Gasteiger partial charge in [0.25, 0.3) is 0 Å². The number of likely N-dealkylation sites (N-methyl/N-ethyl adjacent to an activating group) is 1. The van der Waals surface area contributed by atoms with Gasteiger partial charge in [-0.2, -0.15) is 5.10 Å². The van der Waals surface area contributed by atoms with E-state index >= 15 is 0 Å². The maximum absolute atomic E-state index is 11.8. The topological polar surface area (TPSA) is 132 Å². The first-order chi connectivity index (χ1) is 17.6. The van der Waals surface area contributed by atoms with Crippen LogP contribution in [0.15, 0.2) is 43.0 Å². The molecule has 6 heterocycles. The minimum absolute atomic E-state index is 0.0650. The summed E-state index contributed by atoms with van der Waals surface area (Å²) in [5, 5.41) is 10.4. The van der Waals surface area contributed by atoms with Crippen molar-refractivity contribution in [1.82, 2.24) is 40.0 Å². The number of H-pyrrole nitrogens is 2. The van der Waals surface area contributed by atoms with E-state index < -0.39 is 0 Å². The molecular weight excluding hydrogens is 456 g/mol. The largest absolute Gasteiger partial charge is 0.366 e. The lowest BCUT2D eigenvalue weighted by Gasteiger charge is -2.33. The van der Waals surface area contributed by atoms with Crippen LogP contribution in [-0.2, 0) is 4.79 Å². The van der Waals surface area contributed by atoms with Crippen molar-refractivity contribution < 1.29 is 4.79 Å². The van der Waals surface area contributed by atoms with Gasteiger partial charge in [-0.1, -0.05) is 6.92 Å². The van der Waals surface area contributed by atoms with Gasteiger partial charge in [-0.3, -0.25) is 19.9 Å². The summed E-state index contributed by atoms with van der Waals surface area (Å²) in [6, 6.07) is 5.70. The highest BCUT2D eigenvalue weighted by molar-refractivity contribution is 5.95. The average molecular weight is 483 g/mol. The molecule has 0 atom stereocenters. The molecule has 1 aliphatic heterocycles. The predicted molar refractivity (Wildman–Crippen MR) is 139 cm³/mol. The summed E-state index contributed by atoms with van der Waals surface area (Å²) in [6.45, 7) is 5.68. The zero-order valence-electron chi connectivity index (χ0n) is 20.1. The lowest BCUT2D eigenvalue weighted by atomic mass is 10.1. The van der Waals surface area contributed by atoms with Crippen LogP contribution in [-0.4, -0.2) is 79.2 Å². The number of anilines is 2. The standard InChI is InChI=1S/C25H26N10O/c1-3-21(36)28-16-10-15(11-26-12-16)17-4-5-18-23(29-17)24(33-32-18)25-30-19-13-27-14-20(22(19)31-25)35-8-6-34(2)7-9-35/h4-5,10-14H,3,6-9H2,1-2H3,(H,28,36)(H,30,31)(H,32,33). The fourth-order valence-electron chi connectivity index (χ4n) is 4.43. The van der Waals surface area contributed by atoms with E-state index in [1.165, 1.54) is 0 Å². The van der Waals surface area contributed by atoms with Gasteiger partial charge < -0.3 is 20.1 Å². The molecule has 1 aliphatic rings. The summed E-state index contributed by atoms with van der Waals surface area (Å²) in [5.41, 5.74) is 7.04. The number of hydrogen-bond donors (Lipinski definition) is 3. The molecule has 11 nitrogen and oxygen atoms in total. The van der Waals surface area contributed by atoms with Crippen molar-refractivity contribution in [2.45, 2.75) is 13.3 Å². The highest BCUT2D eigenvalue weighted by Crippen LogP contribution is 2.31. The fourth-order valence-corrected chi connectivity index (χ4v) is 4.43. The van der Waals surface area contributed by atoms with Gasteiger partial charge in [0.1, 0.15) is 11.0 Å². The Bertz CT molecular complexity index is 1560. The molecule has 5 aromatic rings. The van der Waals surface area contributed by atoms with Gasteiger partial charge in [-0.25, -0.2) is 9.97 Å². The van der Waals surface area contributed by atoms with E-state index in [1.807, 2.05) is 31.3 Å². The number of pyridine rings is 3. The first-order valence-corrected chi connectivity index (χ1v) is 12.0. The quantitative estimate of drug-likeness (QED) is 0.348. The van der Waals surface area contributed by atoms with E-state index in [0.717, 1.165) is 59.7 Å². The van der Waals surface area contributed by atoms with Crippen molar-refractivity contribution in [2.24, 2.45) is 0 Å². The molecule has 0 spiro atoms. The van der Waals surface area contributed by atoms with Gasteiger partial charge in [-0.15, -0.1) is 0 Å². The van der Waals surface area contributed by atoms with Crippen LogP contribution in [0.4, 0.5) is 11.4 Å². The molecule has 36 heavy (non-hydrogen) atoms. The van der Waals surface area contributed by atoms with Gasteiger partial charge in [-0.05, 0) is 25.2 Å². The van der Waals surface area contributed by atoms with Crippen LogP contribution >= 0.6 is 0 Å². The molecule has 0 bridgehead atoms. The molecule has 1 amide bonds. The molecule has 6 rings (SSSR count). The molecule has 1 saturated heterocycles. The van der Waals surface area contributed by atoms with Crippen LogP contribution in [0.5, 0.6) is 0 Å². The Hall–Kier alpha value is -4.38. The van der Waals surface area contributed by atoms with Crippen molar-refractivity contribution in [3.05, 3.63) is 43.0 Å². The van der Waals surface area contributed by atoms with E-state index in [-0.39, 0.29) is 5.91 Å². The third-order valence-electron chi connectivity index (χ3n) is 6.49. The number of carbonyl (C=O) groups excluding carboxylic acids is 1. The van der Waals surface area contributed by atoms with Gasteiger partial charge >= 0.3 is 0 Å². The van der Waals surface area contributed by atoms with Crippen molar-refractivity contribution in [1.29, 1.82) is 0 Å². The van der Waals surface area contributed by atoms with E-state index in [9.17, 15) is 4.79 Å². The molecule has 182 valence electrons. The maximum Gasteiger partial charge on any atom is 0.224 e. The molecule has 5 aromatic heterocycles. The number of carbonyl (C=O) groups is 1. The minimum Gasteiger partial charge on any atom is -0.366 e. The van der Waals surface area contributed by atoms with Crippen molar-refractivity contribution in [3.63, 3.8) is 0 Å². The maximum atomic E-state index is 11.8. The Morgan fingerprint density at radius 3 is 2.67 bits per heavy atom. The van der Waals surface area contributed by atoms with E-state index in [1.54, 1.807) is 18.6 Å². The zero-order valence-corrected chi connectivity index (χ0v) is 20.1. The fraction of sp³-hybridized carbons (Fsp3) is 0.280. The zero-order chi connectivity index (χ0) is 24.6. The first-order valence-electron chi connectivity index (χ1n) is 12.0. The molecule has 3 N–H and O–H groups in total. The van der Waals surface area contributed by atoms with Crippen molar-refractivity contribution in [3.8, 4) is 22.8 Å². The number of rotatable bonds is 5. The molecule has 0 aliphatic carbocycles. The summed E-state index contributed by atoms with van der Waals surface area (Å²) >= 11 is 0. The van der Waals surface area contributed by atoms with Crippen LogP contribution in [0.3, 0.4) is 0 Å². The molecule has 0 radical (unpaired) electrons. The lowest BCUT2D eigenvalue weighted by molar-refractivity contribution is -0.115. The van der Waals surface area contributed by atoms with Gasteiger partial charge in [0, 0.05) is 44.4 Å². The molecule has 0 unspecified atom stereocenters. The number of nitrogens with one attached hydrogen (secondary N) is 3. The van der Waals surface area contributed by atoms with E-state index in [4.69, 9.17) is 9.97 Å². The number of aromatic amines is 2. The molecule has 1 fully saturated rings. The Labute approximate surface area is 207 Å². The van der Waals surface area contributed by atoms with Crippen LogP contribution in [0.25, 0.3) is 44.8 Å². The number of aromatic nitrogens is 7. The Balaban J connectivity index is 1.38. The van der Waals surface area contributed by atoms with Gasteiger partial charge in [0.15, 0.2) is 11.5 Å². The SMILES string of the molecule is CCC(=O)Nc1cncc(-c2ccc3[nH]nc(-c4nc5c(N6CCN(C)CC6)cncc5[nH]4)c3n2)c1. The van der Waals surface area contributed by atoms with Crippen LogP contribution in [0.2, 0.25) is 0 Å². The summed E-state index contributed by atoms with van der Waals surface area (Å²) in [4.78, 5) is 38.3. The summed E-state index contributed by atoms with van der Waals surface area (Å²) in [6.07, 6.45) is 7.43. The molecule has 11 heteroatoms. The second kappa shape index (κ2) is 9.00. The molecular formula is C25H26N10O. The number of piperazine rings is 1. The average Bonchev–Trinajstić information content (AvgIpc) is 3.53. The third-order valence-corrected chi connectivity index (χ3v) is 6.49. The number of hydrogen-bond acceptors (Lipinski definition) is 8. The Morgan fingerprint density at radius 2 is 1.83 bits per heavy atom. The number of imidazole rings is 1. The van der Waals surface area contributed by atoms with Crippen LogP contribution in [0, 0.1) is 0 Å². The second-order valence-electron chi connectivity index (χ2n) is 8.96. The van der Waals surface area contributed by atoms with E-state index in [0.29, 0.717) is 29.1 Å². The lowest BCUT2D eigenvalue weighted by Crippen LogP contribution is -2.44. The van der Waals surface area contributed by atoms with Crippen molar-refractivity contribution >= 4 is 39.3 Å². The predicted octanol–water partition coefficient (Wildman–Crippen LogP) is 3.06. The summed E-state index contributed by atoms with van der Waals surface area (Å²) in [7, 11) is 2.14. The summed E-state index contributed by atoms with van der Waals surface area (Å²) < 4.78 is 0. The normalized spacial score (nSPS) is 14.6. The number of fused-ring (bicyclic) bond motifs is 2. The van der Waals surface area contributed by atoms with Gasteiger partial charge in [0.05, 0.1) is 46.7 Å². The number of amides is 1. The molecule has 0 saturated carbocycles. The second-order valence-corrected chi connectivity index (χ2v) is 8.96.